The molecule has 1 rings (SSSR count). The van der Waals surface area contributed by atoms with Crippen LogP contribution in [0.4, 0.5) is 0 Å². The van der Waals surface area contributed by atoms with Crippen LogP contribution in [0.2, 0.25) is 0 Å². The third-order valence-corrected chi connectivity index (χ3v) is 3.62. The van der Waals surface area contributed by atoms with Crippen molar-refractivity contribution in [1.82, 2.24) is 4.57 Å². The van der Waals surface area contributed by atoms with Crippen molar-refractivity contribution >= 4 is 67.1 Å². The Hall–Kier alpha value is -0.968. The van der Waals surface area contributed by atoms with Gasteiger partial charge in [-0.15, -0.1) is 0 Å². The van der Waals surface area contributed by atoms with Crippen molar-refractivity contribution in [3.63, 3.8) is 0 Å². The molecule has 0 aliphatic carbocycles. The molecule has 118 valence electrons. The molecule has 10 heteroatoms. The first-order valence-corrected chi connectivity index (χ1v) is 10.4. The molecule has 1 aromatic rings. The van der Waals surface area contributed by atoms with Gasteiger partial charge < -0.3 is 13.1 Å². The molecular weight excluding hydrogens is 371 g/mol. The van der Waals surface area contributed by atoms with Gasteiger partial charge in [-0.25, -0.2) is 4.79 Å². The maximum absolute atomic E-state index is 12.0. The minimum absolute atomic E-state index is 0.00485. The van der Waals surface area contributed by atoms with E-state index in [-0.39, 0.29) is 12.4 Å². The zero-order valence-corrected chi connectivity index (χ0v) is 15.1. The standard InChI is InChI=1S/C12H12ClNO5.Al.2ClH/c1-3-19-12(18)8(10(16)11(13)17)9(15)7-5-4-6-14(7)2;;;/h4-6,15H,3H2,1-2H3;;2*1H/q;+3;;/p-3/b9-8-;;;. The van der Waals surface area contributed by atoms with Gasteiger partial charge in [0.25, 0.3) is 11.0 Å². The van der Waals surface area contributed by atoms with Gasteiger partial charge in [-0.1, -0.05) is 0 Å². The molecule has 22 heavy (non-hydrogen) atoms. The molecule has 0 aliphatic heterocycles. The van der Waals surface area contributed by atoms with Crippen molar-refractivity contribution in [2.24, 2.45) is 7.05 Å². The Bertz CT molecular complexity index is 626. The van der Waals surface area contributed by atoms with Gasteiger partial charge in [-0.05, 0) is 30.7 Å². The monoisotopic (exact) mass is 381 g/mol. The summed E-state index contributed by atoms with van der Waals surface area (Å²) in [5.41, 5.74) is -0.310. The number of carbonyl (C=O) groups excluding carboxylic acids is 3. The molecular formula is C12H11AlCl3NO5. The van der Waals surface area contributed by atoms with Crippen molar-refractivity contribution in [2.75, 3.05) is 6.61 Å². The highest BCUT2D eigenvalue weighted by Crippen LogP contribution is 2.25. The van der Waals surface area contributed by atoms with E-state index in [2.05, 4.69) is 0 Å². The number of Topliss-reactive ketones (excluding diaryl/α,β-unsaturated/α-hetero) is 1. The zero-order valence-electron chi connectivity index (χ0n) is 11.6. The summed E-state index contributed by atoms with van der Waals surface area (Å²) in [4.78, 5) is 35.2. The van der Waals surface area contributed by atoms with Gasteiger partial charge in [0, 0.05) is 13.2 Å². The number of rotatable bonds is 7. The number of aryl methyl sites for hydroxylation is 1. The zero-order chi connectivity index (χ0) is 16.9. The second kappa shape index (κ2) is 8.61. The Kier molecular flexibility index (Phi) is 7.47. The van der Waals surface area contributed by atoms with Gasteiger partial charge >= 0.3 is 18.6 Å². The predicted octanol–water partition coefficient (Wildman–Crippen LogP) is 2.11. The van der Waals surface area contributed by atoms with Gasteiger partial charge in [-0.3, -0.25) is 9.59 Å². The van der Waals surface area contributed by atoms with Crippen LogP contribution in [0.15, 0.2) is 23.9 Å². The average molecular weight is 383 g/mol. The molecule has 0 radical (unpaired) electrons. The van der Waals surface area contributed by atoms with Crippen molar-refractivity contribution in [3.8, 4) is 0 Å². The molecule has 0 N–H and O–H groups in total. The number of esters is 1. The van der Waals surface area contributed by atoms with Crippen LogP contribution in [-0.4, -0.2) is 40.8 Å². The largest absolute Gasteiger partial charge is 0.815 e. The third-order valence-electron chi connectivity index (χ3n) is 2.50. The van der Waals surface area contributed by atoms with Crippen LogP contribution in [0.1, 0.15) is 12.6 Å². The molecule has 1 aromatic heterocycles. The highest BCUT2D eigenvalue weighted by Gasteiger charge is 2.33. The summed E-state index contributed by atoms with van der Waals surface area (Å²) in [6, 6.07) is 3.21. The maximum Gasteiger partial charge on any atom is 0.815 e. The van der Waals surface area contributed by atoms with Crippen molar-refractivity contribution < 1.29 is 22.9 Å². The molecule has 0 saturated heterocycles. The first-order chi connectivity index (χ1) is 10.3. The molecule has 0 saturated carbocycles. The quantitative estimate of drug-likeness (QED) is 0.106. The van der Waals surface area contributed by atoms with E-state index in [9.17, 15) is 14.4 Å². The summed E-state index contributed by atoms with van der Waals surface area (Å²) in [5, 5.41) is -1.35. The normalized spacial score (nSPS) is 11.5. The van der Waals surface area contributed by atoms with Gasteiger partial charge in [0.2, 0.25) is 0 Å². The van der Waals surface area contributed by atoms with Crippen LogP contribution < -0.4 is 0 Å². The third kappa shape index (κ3) is 4.77. The van der Waals surface area contributed by atoms with Crippen LogP contribution in [0.3, 0.4) is 0 Å². The summed E-state index contributed by atoms with van der Waals surface area (Å²) in [7, 11) is 13.1. The Morgan fingerprint density at radius 3 is 2.36 bits per heavy atom. The van der Waals surface area contributed by atoms with E-state index < -0.39 is 35.2 Å². The second-order valence-corrected chi connectivity index (χ2v) is 8.06. The first-order valence-electron chi connectivity index (χ1n) is 6.01. The number of ketones is 1. The molecule has 1 heterocycles. The van der Waals surface area contributed by atoms with E-state index in [0.717, 1.165) is 0 Å². The Morgan fingerprint density at radius 1 is 1.32 bits per heavy atom. The number of ether oxygens (including phenoxy) is 1. The van der Waals surface area contributed by atoms with Crippen LogP contribution in [0, 0.1) is 0 Å². The molecule has 0 aromatic carbocycles. The number of hydrogen-bond donors (Lipinski definition) is 0. The second-order valence-electron chi connectivity index (χ2n) is 3.91. The first kappa shape index (κ1) is 19.1. The number of halogens is 3. The van der Waals surface area contributed by atoms with Gasteiger partial charge in [0.1, 0.15) is 5.76 Å². The van der Waals surface area contributed by atoms with E-state index >= 15 is 0 Å². The molecule has 0 amide bonds. The highest BCUT2D eigenvalue weighted by atomic mass is 35.7. The molecule has 0 spiro atoms. The minimum Gasteiger partial charge on any atom is -0.618 e. The molecule has 6 nitrogen and oxygen atoms in total. The topological polar surface area (TPSA) is 74.6 Å². The predicted molar refractivity (Wildman–Crippen MR) is 83.4 cm³/mol. The van der Waals surface area contributed by atoms with E-state index in [4.69, 9.17) is 40.2 Å². The molecule has 0 fully saturated rings. The molecule has 0 bridgehead atoms. The Morgan fingerprint density at radius 2 is 1.95 bits per heavy atom. The van der Waals surface area contributed by atoms with Crippen LogP contribution in [0.25, 0.3) is 5.76 Å². The van der Waals surface area contributed by atoms with Crippen molar-refractivity contribution in [1.29, 1.82) is 0 Å². The summed E-state index contributed by atoms with van der Waals surface area (Å²) in [6.07, 6.45) is 1.65. The van der Waals surface area contributed by atoms with E-state index in [1.54, 1.807) is 36.9 Å². The van der Waals surface area contributed by atoms with E-state index in [0.29, 0.717) is 5.69 Å². The van der Waals surface area contributed by atoms with E-state index in [1.165, 1.54) is 0 Å². The SMILES string of the molecule is CCOC(=O)/C(C(=O)C(=O)Cl)=C(\[O][Al]([Cl])[Cl])c1cccn1C. The fourth-order valence-corrected chi connectivity index (χ4v) is 2.67. The van der Waals surface area contributed by atoms with Crippen molar-refractivity contribution in [2.45, 2.75) is 6.92 Å². The number of nitrogens with zero attached hydrogens (tertiary/aromatic N) is 1. The lowest BCUT2D eigenvalue weighted by molar-refractivity contribution is -0.141. The average Bonchev–Trinajstić information content (AvgIpc) is 2.83. The van der Waals surface area contributed by atoms with Gasteiger partial charge in [0.15, 0.2) is 5.57 Å². The summed E-state index contributed by atoms with van der Waals surface area (Å²) >= 11 is 2.48. The van der Waals surface area contributed by atoms with Crippen molar-refractivity contribution in [3.05, 3.63) is 29.6 Å². The smallest absolute Gasteiger partial charge is 0.618 e. The fraction of sp³-hybridized carbons (Fsp3) is 0.250. The Labute approximate surface area is 144 Å². The number of aromatic nitrogens is 1. The Balaban J connectivity index is 3.57. The maximum atomic E-state index is 12.0. The minimum atomic E-state index is -2.72. The highest BCUT2D eigenvalue weighted by molar-refractivity contribution is 7.31. The van der Waals surface area contributed by atoms with Gasteiger partial charge in [-0.2, -0.15) is 20.1 Å². The lowest BCUT2D eigenvalue weighted by Crippen LogP contribution is -2.24. The lowest BCUT2D eigenvalue weighted by atomic mass is 10.1. The van der Waals surface area contributed by atoms with E-state index in [1.807, 2.05) is 0 Å². The van der Waals surface area contributed by atoms with Crippen LogP contribution >= 0.6 is 31.7 Å². The molecule has 0 atom stereocenters. The summed E-state index contributed by atoms with van der Waals surface area (Å²) < 4.78 is 11.6. The molecule has 0 unspecified atom stereocenters. The summed E-state index contributed by atoms with van der Waals surface area (Å²) in [6.45, 7) is 1.54. The van der Waals surface area contributed by atoms with Crippen LogP contribution in [-0.2, 0) is 30.0 Å². The van der Waals surface area contributed by atoms with Gasteiger partial charge in [0.05, 0.1) is 12.3 Å². The molecule has 0 aliphatic rings. The number of hydrogen-bond acceptors (Lipinski definition) is 5. The number of carbonyl (C=O) groups is 3. The summed E-state index contributed by atoms with van der Waals surface area (Å²) in [5.74, 6) is -2.52. The lowest BCUT2D eigenvalue weighted by Gasteiger charge is -2.16. The van der Waals surface area contributed by atoms with Crippen LogP contribution in [0.5, 0.6) is 0 Å². The fourth-order valence-electron chi connectivity index (χ4n) is 1.62.